The van der Waals surface area contributed by atoms with Gasteiger partial charge in [-0.3, -0.25) is 4.79 Å². The van der Waals surface area contributed by atoms with Crippen LogP contribution in [0.2, 0.25) is 0 Å². The second kappa shape index (κ2) is 7.31. The SMILES string of the molecule is COC(=O)Cc1cccc(Nc2ncnc(-n3c(N)nc4ccccc43)n2)c1. The van der Waals surface area contributed by atoms with E-state index in [0.29, 0.717) is 17.8 Å². The Bertz CT molecular complexity index is 1160. The number of para-hydroxylation sites is 2. The molecule has 0 fully saturated rings. The number of nitrogen functional groups attached to an aromatic ring is 1. The summed E-state index contributed by atoms with van der Waals surface area (Å²) in [5.41, 5.74) is 9.17. The predicted octanol–water partition coefficient (Wildman–Crippen LogP) is 2.25. The minimum Gasteiger partial charge on any atom is -0.469 e. The van der Waals surface area contributed by atoms with Gasteiger partial charge in [-0.05, 0) is 29.8 Å². The number of nitrogens with one attached hydrogen (secondary N) is 1. The van der Waals surface area contributed by atoms with Crippen LogP contribution in [-0.4, -0.2) is 37.6 Å². The number of methoxy groups -OCH3 is 1. The number of nitrogens with zero attached hydrogens (tertiary/aromatic N) is 5. The summed E-state index contributed by atoms with van der Waals surface area (Å²) in [6, 6.07) is 14.9. The normalized spacial score (nSPS) is 10.8. The molecular formula is C19H17N7O2. The van der Waals surface area contributed by atoms with Gasteiger partial charge < -0.3 is 15.8 Å². The van der Waals surface area contributed by atoms with Crippen molar-refractivity contribution < 1.29 is 9.53 Å². The molecule has 0 spiro atoms. The number of ether oxygens (including phenoxy) is 1. The second-order valence-corrected chi connectivity index (χ2v) is 5.98. The van der Waals surface area contributed by atoms with Crippen molar-refractivity contribution in [2.75, 3.05) is 18.2 Å². The zero-order valence-corrected chi connectivity index (χ0v) is 15.0. The number of rotatable bonds is 5. The van der Waals surface area contributed by atoms with Gasteiger partial charge in [0, 0.05) is 5.69 Å². The van der Waals surface area contributed by atoms with Crippen LogP contribution in [0.5, 0.6) is 0 Å². The Hall–Kier alpha value is -4.01. The molecule has 0 saturated carbocycles. The van der Waals surface area contributed by atoms with Crippen molar-refractivity contribution in [1.82, 2.24) is 24.5 Å². The van der Waals surface area contributed by atoms with Crippen LogP contribution in [0.1, 0.15) is 5.56 Å². The lowest BCUT2D eigenvalue weighted by atomic mass is 10.1. The molecule has 28 heavy (non-hydrogen) atoms. The maximum absolute atomic E-state index is 11.5. The number of hydrogen-bond acceptors (Lipinski definition) is 8. The molecule has 2 aromatic carbocycles. The van der Waals surface area contributed by atoms with E-state index in [1.165, 1.54) is 13.4 Å². The molecule has 2 heterocycles. The fourth-order valence-electron chi connectivity index (χ4n) is 2.84. The maximum atomic E-state index is 11.5. The lowest BCUT2D eigenvalue weighted by Gasteiger charge is -2.09. The van der Waals surface area contributed by atoms with E-state index in [9.17, 15) is 4.79 Å². The number of benzene rings is 2. The molecule has 9 nitrogen and oxygen atoms in total. The molecule has 4 rings (SSSR count). The highest BCUT2D eigenvalue weighted by Gasteiger charge is 2.13. The van der Waals surface area contributed by atoms with Gasteiger partial charge >= 0.3 is 5.97 Å². The van der Waals surface area contributed by atoms with Crippen LogP contribution in [-0.2, 0) is 16.0 Å². The number of nitrogens with two attached hydrogens (primary N) is 1. The summed E-state index contributed by atoms with van der Waals surface area (Å²) < 4.78 is 6.37. The third-order valence-corrected chi connectivity index (χ3v) is 4.11. The molecule has 0 aliphatic heterocycles. The molecule has 0 unspecified atom stereocenters. The molecule has 0 bridgehead atoms. The van der Waals surface area contributed by atoms with Crippen LogP contribution in [0.25, 0.3) is 17.0 Å². The number of aromatic nitrogens is 5. The highest BCUT2D eigenvalue weighted by atomic mass is 16.5. The van der Waals surface area contributed by atoms with Gasteiger partial charge in [0.05, 0.1) is 24.6 Å². The largest absolute Gasteiger partial charge is 0.469 e. The molecule has 4 aromatic rings. The van der Waals surface area contributed by atoms with Crippen LogP contribution in [0.4, 0.5) is 17.6 Å². The molecule has 0 atom stereocenters. The number of carbonyl (C=O) groups is 1. The van der Waals surface area contributed by atoms with Crippen molar-refractivity contribution in [3.8, 4) is 5.95 Å². The van der Waals surface area contributed by atoms with E-state index < -0.39 is 0 Å². The Kier molecular flexibility index (Phi) is 4.55. The number of esters is 1. The predicted molar refractivity (Wildman–Crippen MR) is 104 cm³/mol. The van der Waals surface area contributed by atoms with Crippen molar-refractivity contribution in [2.45, 2.75) is 6.42 Å². The summed E-state index contributed by atoms with van der Waals surface area (Å²) in [5.74, 6) is 0.687. The standard InChI is InChI=1S/C19H17N7O2/c1-28-16(27)10-12-5-4-6-13(9-12)23-18-21-11-22-19(25-18)26-15-8-3-2-7-14(15)24-17(26)20/h2-9,11H,10H2,1H3,(H2,20,24)(H,21,22,23,25). The Morgan fingerprint density at radius 2 is 2.00 bits per heavy atom. The highest BCUT2D eigenvalue weighted by Crippen LogP contribution is 2.21. The van der Waals surface area contributed by atoms with Gasteiger partial charge in [-0.2, -0.15) is 4.98 Å². The van der Waals surface area contributed by atoms with Crippen LogP contribution >= 0.6 is 0 Å². The summed E-state index contributed by atoms with van der Waals surface area (Å²) in [4.78, 5) is 28.6. The summed E-state index contributed by atoms with van der Waals surface area (Å²) >= 11 is 0. The van der Waals surface area contributed by atoms with E-state index in [1.54, 1.807) is 4.57 Å². The zero-order chi connectivity index (χ0) is 19.5. The minimum absolute atomic E-state index is 0.187. The zero-order valence-electron chi connectivity index (χ0n) is 15.0. The van der Waals surface area contributed by atoms with Crippen molar-refractivity contribution in [2.24, 2.45) is 0 Å². The first kappa shape index (κ1) is 17.4. The van der Waals surface area contributed by atoms with E-state index in [4.69, 9.17) is 10.5 Å². The lowest BCUT2D eigenvalue weighted by Crippen LogP contribution is -2.08. The third-order valence-electron chi connectivity index (χ3n) is 4.11. The molecule has 0 aliphatic carbocycles. The third kappa shape index (κ3) is 3.45. The van der Waals surface area contributed by atoms with Crippen molar-refractivity contribution in [3.05, 3.63) is 60.4 Å². The minimum atomic E-state index is -0.304. The van der Waals surface area contributed by atoms with Crippen molar-refractivity contribution >= 4 is 34.6 Å². The molecular weight excluding hydrogens is 358 g/mol. The number of carbonyl (C=O) groups excluding carboxylic acids is 1. The van der Waals surface area contributed by atoms with Crippen LogP contribution in [0.15, 0.2) is 54.9 Å². The van der Waals surface area contributed by atoms with E-state index in [0.717, 1.165) is 22.3 Å². The van der Waals surface area contributed by atoms with Gasteiger partial charge in [-0.1, -0.05) is 24.3 Å². The number of hydrogen-bond donors (Lipinski definition) is 2. The summed E-state index contributed by atoms with van der Waals surface area (Å²) in [6.07, 6.45) is 1.59. The molecule has 2 aromatic heterocycles. The van der Waals surface area contributed by atoms with Gasteiger partial charge in [0.25, 0.3) is 0 Å². The van der Waals surface area contributed by atoms with Crippen LogP contribution in [0, 0.1) is 0 Å². The topological polar surface area (TPSA) is 121 Å². The Balaban J connectivity index is 1.64. The number of anilines is 3. The average Bonchev–Trinajstić information content (AvgIpc) is 3.04. The second-order valence-electron chi connectivity index (χ2n) is 5.98. The highest BCUT2D eigenvalue weighted by molar-refractivity contribution is 5.80. The van der Waals surface area contributed by atoms with Gasteiger partial charge in [0.2, 0.25) is 17.8 Å². The van der Waals surface area contributed by atoms with Gasteiger partial charge in [0.15, 0.2) is 0 Å². The van der Waals surface area contributed by atoms with Gasteiger partial charge in [0.1, 0.15) is 6.33 Å². The molecule has 0 saturated heterocycles. The van der Waals surface area contributed by atoms with Gasteiger partial charge in [-0.15, -0.1) is 0 Å². The smallest absolute Gasteiger partial charge is 0.309 e. The fourth-order valence-corrected chi connectivity index (χ4v) is 2.84. The van der Waals surface area contributed by atoms with Gasteiger partial charge in [-0.25, -0.2) is 19.5 Å². The first-order valence-corrected chi connectivity index (χ1v) is 8.49. The fraction of sp³-hybridized carbons (Fsp3) is 0.105. The Morgan fingerprint density at radius 1 is 1.14 bits per heavy atom. The molecule has 140 valence electrons. The first-order valence-electron chi connectivity index (χ1n) is 8.49. The van der Waals surface area contributed by atoms with E-state index >= 15 is 0 Å². The quantitative estimate of drug-likeness (QED) is 0.510. The van der Waals surface area contributed by atoms with Crippen LogP contribution in [0.3, 0.4) is 0 Å². The first-order chi connectivity index (χ1) is 13.6. The molecule has 0 aliphatic rings. The van der Waals surface area contributed by atoms with E-state index in [-0.39, 0.29) is 12.4 Å². The molecule has 0 radical (unpaired) electrons. The van der Waals surface area contributed by atoms with E-state index in [2.05, 4.69) is 25.3 Å². The van der Waals surface area contributed by atoms with Crippen molar-refractivity contribution in [1.29, 1.82) is 0 Å². The average molecular weight is 375 g/mol. The van der Waals surface area contributed by atoms with Crippen LogP contribution < -0.4 is 11.1 Å². The van der Waals surface area contributed by atoms with Crippen molar-refractivity contribution in [3.63, 3.8) is 0 Å². The molecule has 3 N–H and O–H groups in total. The number of imidazole rings is 1. The van der Waals surface area contributed by atoms with E-state index in [1.807, 2.05) is 48.5 Å². The lowest BCUT2D eigenvalue weighted by molar-refractivity contribution is -0.139. The summed E-state index contributed by atoms with van der Waals surface area (Å²) in [6.45, 7) is 0. The Morgan fingerprint density at radius 3 is 2.86 bits per heavy atom. The monoisotopic (exact) mass is 375 g/mol. The Labute approximate surface area is 160 Å². The molecule has 9 heteroatoms. The molecule has 0 amide bonds. The maximum Gasteiger partial charge on any atom is 0.309 e. The number of fused-ring (bicyclic) bond motifs is 1. The summed E-state index contributed by atoms with van der Waals surface area (Å²) in [5, 5.41) is 3.12. The summed E-state index contributed by atoms with van der Waals surface area (Å²) in [7, 11) is 1.36.